The van der Waals surface area contributed by atoms with Crippen LogP contribution in [-0.4, -0.2) is 12.5 Å². The molecule has 0 aromatic heterocycles. The lowest BCUT2D eigenvalue weighted by molar-refractivity contribution is 1.27. The normalized spacial score (nSPS) is 17.4. The molecule has 1 aliphatic rings. The first-order chi connectivity index (χ1) is 8.03. The molecule has 0 radical (unpaired) electrons. The SMILES string of the molecule is Cc1ccc(C)c2c1-c1ccccc1S2(C)C. The Balaban J connectivity index is 2.48. The maximum Gasteiger partial charge on any atom is 0.00474 e. The van der Waals surface area contributed by atoms with Crippen molar-refractivity contribution in [2.24, 2.45) is 0 Å². The van der Waals surface area contributed by atoms with E-state index in [0.717, 1.165) is 0 Å². The molecule has 0 unspecified atom stereocenters. The van der Waals surface area contributed by atoms with Crippen molar-refractivity contribution in [3.8, 4) is 11.1 Å². The monoisotopic (exact) mass is 242 g/mol. The van der Waals surface area contributed by atoms with Crippen LogP contribution in [0.4, 0.5) is 0 Å². The quantitative estimate of drug-likeness (QED) is 0.624. The molecule has 0 bridgehead atoms. The molecule has 2 aromatic rings. The summed E-state index contributed by atoms with van der Waals surface area (Å²) in [5.74, 6) is 0. The fraction of sp³-hybridized carbons (Fsp3) is 0.250. The number of rotatable bonds is 0. The Hall–Kier alpha value is -1.21. The highest BCUT2D eigenvalue weighted by atomic mass is 32.3. The van der Waals surface area contributed by atoms with Crippen molar-refractivity contribution >= 4 is 10.0 Å². The van der Waals surface area contributed by atoms with Gasteiger partial charge in [-0.2, -0.15) is 10.0 Å². The van der Waals surface area contributed by atoms with Gasteiger partial charge in [0.05, 0.1) is 0 Å². The molecule has 88 valence electrons. The van der Waals surface area contributed by atoms with E-state index in [1.807, 2.05) is 0 Å². The highest BCUT2D eigenvalue weighted by molar-refractivity contribution is 8.33. The lowest BCUT2D eigenvalue weighted by Crippen LogP contribution is -1.95. The van der Waals surface area contributed by atoms with Crippen molar-refractivity contribution in [1.82, 2.24) is 0 Å². The van der Waals surface area contributed by atoms with Crippen LogP contribution in [0.15, 0.2) is 46.2 Å². The number of hydrogen-bond donors (Lipinski definition) is 0. The molecular weight excluding hydrogens is 224 g/mol. The lowest BCUT2D eigenvalue weighted by atomic mass is 9.99. The molecule has 0 saturated carbocycles. The Morgan fingerprint density at radius 1 is 0.824 bits per heavy atom. The Labute approximate surface area is 105 Å². The van der Waals surface area contributed by atoms with E-state index < -0.39 is 10.0 Å². The number of aryl methyl sites for hydroxylation is 2. The van der Waals surface area contributed by atoms with Crippen LogP contribution in [0.1, 0.15) is 11.1 Å². The van der Waals surface area contributed by atoms with E-state index in [9.17, 15) is 0 Å². The van der Waals surface area contributed by atoms with Gasteiger partial charge in [0.25, 0.3) is 0 Å². The van der Waals surface area contributed by atoms with Crippen LogP contribution in [0, 0.1) is 13.8 Å². The molecule has 0 N–H and O–H groups in total. The summed E-state index contributed by atoms with van der Waals surface area (Å²) in [7, 11) is -0.818. The molecule has 0 spiro atoms. The average Bonchev–Trinajstić information content (AvgIpc) is 2.55. The summed E-state index contributed by atoms with van der Waals surface area (Å²) in [5, 5.41) is 0. The van der Waals surface area contributed by atoms with Crippen molar-refractivity contribution in [2.45, 2.75) is 23.6 Å². The Morgan fingerprint density at radius 3 is 2.24 bits per heavy atom. The average molecular weight is 242 g/mol. The summed E-state index contributed by atoms with van der Waals surface area (Å²) >= 11 is 0. The topological polar surface area (TPSA) is 0 Å². The third-order valence-electron chi connectivity index (χ3n) is 3.78. The van der Waals surface area contributed by atoms with Gasteiger partial charge >= 0.3 is 0 Å². The molecule has 0 aliphatic carbocycles. The van der Waals surface area contributed by atoms with Crippen molar-refractivity contribution in [1.29, 1.82) is 0 Å². The predicted molar refractivity (Wildman–Crippen MR) is 77.3 cm³/mol. The van der Waals surface area contributed by atoms with Crippen LogP contribution in [0.2, 0.25) is 0 Å². The fourth-order valence-corrected chi connectivity index (χ4v) is 6.02. The van der Waals surface area contributed by atoms with E-state index in [1.54, 1.807) is 9.79 Å². The molecule has 17 heavy (non-hydrogen) atoms. The van der Waals surface area contributed by atoms with E-state index >= 15 is 0 Å². The zero-order chi connectivity index (χ0) is 12.2. The molecular formula is C16H18S. The molecule has 0 amide bonds. The van der Waals surface area contributed by atoms with Crippen LogP contribution >= 0.6 is 10.0 Å². The molecule has 1 aliphatic heterocycles. The summed E-state index contributed by atoms with van der Waals surface area (Å²) in [6.07, 6.45) is 4.84. The Bertz CT molecular complexity index is 609. The van der Waals surface area contributed by atoms with Crippen LogP contribution < -0.4 is 0 Å². The second-order valence-corrected chi connectivity index (χ2v) is 8.73. The molecule has 0 atom stereocenters. The van der Waals surface area contributed by atoms with Crippen molar-refractivity contribution in [2.75, 3.05) is 12.5 Å². The molecule has 1 heteroatoms. The van der Waals surface area contributed by atoms with E-state index in [0.29, 0.717) is 0 Å². The largest absolute Gasteiger partial charge is 0.192 e. The predicted octanol–water partition coefficient (Wildman–Crippen LogP) is 4.77. The minimum atomic E-state index is -0.818. The smallest absolute Gasteiger partial charge is 0.00474 e. The molecule has 3 rings (SSSR count). The summed E-state index contributed by atoms with van der Waals surface area (Å²) in [6, 6.07) is 13.4. The molecule has 0 nitrogen and oxygen atoms in total. The van der Waals surface area contributed by atoms with E-state index in [2.05, 4.69) is 62.8 Å². The second-order valence-electron chi connectivity index (χ2n) is 5.23. The summed E-state index contributed by atoms with van der Waals surface area (Å²) in [4.78, 5) is 3.14. The van der Waals surface area contributed by atoms with Gasteiger partial charge in [0.15, 0.2) is 0 Å². The van der Waals surface area contributed by atoms with Gasteiger partial charge in [-0.15, -0.1) is 0 Å². The third-order valence-corrected chi connectivity index (χ3v) is 6.78. The highest BCUT2D eigenvalue weighted by Crippen LogP contribution is 2.68. The maximum atomic E-state index is 2.42. The zero-order valence-corrected chi connectivity index (χ0v) is 11.7. The minimum absolute atomic E-state index is 0.818. The van der Waals surface area contributed by atoms with Gasteiger partial charge in [-0.1, -0.05) is 30.3 Å². The van der Waals surface area contributed by atoms with Crippen molar-refractivity contribution in [3.05, 3.63) is 47.5 Å². The van der Waals surface area contributed by atoms with Gasteiger partial charge in [-0.25, -0.2) is 0 Å². The Kier molecular flexibility index (Phi) is 2.18. The van der Waals surface area contributed by atoms with Gasteiger partial charge in [0, 0.05) is 9.79 Å². The maximum absolute atomic E-state index is 2.42. The third kappa shape index (κ3) is 1.32. The molecule has 2 aromatic carbocycles. The van der Waals surface area contributed by atoms with E-state index in [1.165, 1.54) is 22.3 Å². The van der Waals surface area contributed by atoms with Gasteiger partial charge in [-0.05, 0) is 54.7 Å². The van der Waals surface area contributed by atoms with Crippen molar-refractivity contribution < 1.29 is 0 Å². The van der Waals surface area contributed by atoms with Crippen molar-refractivity contribution in [3.63, 3.8) is 0 Å². The second kappa shape index (κ2) is 3.39. The first kappa shape index (κ1) is 10.9. The molecule has 0 fully saturated rings. The molecule has 0 saturated heterocycles. The number of benzene rings is 2. The van der Waals surface area contributed by atoms with Gasteiger partial charge < -0.3 is 0 Å². The lowest BCUT2D eigenvalue weighted by Gasteiger charge is -2.29. The van der Waals surface area contributed by atoms with Crippen LogP contribution in [0.3, 0.4) is 0 Å². The van der Waals surface area contributed by atoms with Gasteiger partial charge in [-0.3, -0.25) is 0 Å². The standard InChI is InChI=1S/C16H18S/c1-11-9-10-12(2)16-15(11)13-7-5-6-8-14(13)17(16,3)4/h5-10H,1-4H3. The number of fused-ring (bicyclic) bond motifs is 3. The van der Waals surface area contributed by atoms with Gasteiger partial charge in [0.2, 0.25) is 0 Å². The zero-order valence-electron chi connectivity index (χ0n) is 10.9. The first-order valence-electron chi connectivity index (χ1n) is 5.96. The van der Waals surface area contributed by atoms with E-state index in [-0.39, 0.29) is 0 Å². The highest BCUT2D eigenvalue weighted by Gasteiger charge is 2.33. The van der Waals surface area contributed by atoms with Gasteiger partial charge in [0.1, 0.15) is 0 Å². The molecule has 1 heterocycles. The van der Waals surface area contributed by atoms with Crippen LogP contribution in [-0.2, 0) is 0 Å². The fourth-order valence-electron chi connectivity index (χ4n) is 3.01. The van der Waals surface area contributed by atoms with E-state index in [4.69, 9.17) is 0 Å². The van der Waals surface area contributed by atoms with Crippen LogP contribution in [0.5, 0.6) is 0 Å². The Morgan fingerprint density at radius 2 is 1.47 bits per heavy atom. The van der Waals surface area contributed by atoms with Crippen LogP contribution in [0.25, 0.3) is 11.1 Å². The minimum Gasteiger partial charge on any atom is -0.192 e. The number of hydrogen-bond acceptors (Lipinski definition) is 0. The summed E-state index contributed by atoms with van der Waals surface area (Å²) in [5.41, 5.74) is 5.82. The first-order valence-corrected chi connectivity index (χ1v) is 8.41. The summed E-state index contributed by atoms with van der Waals surface area (Å²) in [6.45, 7) is 4.48. The summed E-state index contributed by atoms with van der Waals surface area (Å²) < 4.78 is 0.